The van der Waals surface area contributed by atoms with E-state index in [1.165, 1.54) is 0 Å². The van der Waals surface area contributed by atoms with E-state index in [9.17, 15) is 4.79 Å². The molecule has 0 aromatic rings. The first-order chi connectivity index (χ1) is 6.65. The van der Waals surface area contributed by atoms with Gasteiger partial charge in [-0.1, -0.05) is 13.8 Å². The van der Waals surface area contributed by atoms with Crippen LogP contribution in [0.3, 0.4) is 0 Å². The fourth-order valence-corrected chi connectivity index (χ4v) is 2.14. The summed E-state index contributed by atoms with van der Waals surface area (Å²) in [4.78, 5) is 11.2. The van der Waals surface area contributed by atoms with Crippen LogP contribution in [-0.2, 0) is 14.3 Å². The first-order valence-corrected chi connectivity index (χ1v) is 5.27. The van der Waals surface area contributed by atoms with Crippen molar-refractivity contribution in [2.24, 2.45) is 11.8 Å². The van der Waals surface area contributed by atoms with E-state index in [-0.39, 0.29) is 6.10 Å². The van der Waals surface area contributed by atoms with Gasteiger partial charge in [-0.05, 0) is 18.3 Å². The van der Waals surface area contributed by atoms with Gasteiger partial charge in [0.15, 0.2) is 0 Å². The normalized spacial score (nSPS) is 24.6. The molecule has 0 spiro atoms. The van der Waals surface area contributed by atoms with Gasteiger partial charge >= 0.3 is 0 Å². The Labute approximate surface area is 85.8 Å². The molecule has 1 aliphatic rings. The highest BCUT2D eigenvalue weighted by molar-refractivity contribution is 5.80. The standard InChI is InChI=1S/C11H20O3/c1-8(2)11(14-7-13-3)9-4-5-10(12)6-9/h8-9,11H,4-7H2,1-3H3. The van der Waals surface area contributed by atoms with E-state index in [2.05, 4.69) is 13.8 Å². The molecular formula is C11H20O3. The van der Waals surface area contributed by atoms with Crippen LogP contribution in [0.1, 0.15) is 33.1 Å². The van der Waals surface area contributed by atoms with Crippen molar-refractivity contribution in [1.29, 1.82) is 0 Å². The number of carbonyl (C=O) groups excluding carboxylic acids is 1. The van der Waals surface area contributed by atoms with Crippen LogP contribution >= 0.6 is 0 Å². The van der Waals surface area contributed by atoms with Crippen LogP contribution in [0.25, 0.3) is 0 Å². The zero-order valence-electron chi connectivity index (χ0n) is 9.29. The Morgan fingerprint density at radius 2 is 2.21 bits per heavy atom. The van der Waals surface area contributed by atoms with Crippen molar-refractivity contribution in [2.75, 3.05) is 13.9 Å². The molecule has 3 nitrogen and oxygen atoms in total. The number of Topliss-reactive ketones (excluding diaryl/α,β-unsaturated/α-hetero) is 1. The van der Waals surface area contributed by atoms with E-state index < -0.39 is 0 Å². The summed E-state index contributed by atoms with van der Waals surface area (Å²) in [6, 6.07) is 0. The van der Waals surface area contributed by atoms with Gasteiger partial charge < -0.3 is 9.47 Å². The molecular weight excluding hydrogens is 180 g/mol. The van der Waals surface area contributed by atoms with Crippen molar-refractivity contribution in [3.63, 3.8) is 0 Å². The molecule has 82 valence electrons. The number of rotatable bonds is 5. The minimum atomic E-state index is 0.168. The largest absolute Gasteiger partial charge is 0.359 e. The highest BCUT2D eigenvalue weighted by Crippen LogP contribution is 2.30. The second-order valence-electron chi connectivity index (χ2n) is 4.32. The number of ketones is 1. The summed E-state index contributed by atoms with van der Waals surface area (Å²) in [5.41, 5.74) is 0. The average molecular weight is 200 g/mol. The summed E-state index contributed by atoms with van der Waals surface area (Å²) < 4.78 is 10.5. The van der Waals surface area contributed by atoms with E-state index in [0.717, 1.165) is 12.8 Å². The van der Waals surface area contributed by atoms with Crippen molar-refractivity contribution in [2.45, 2.75) is 39.2 Å². The zero-order chi connectivity index (χ0) is 10.6. The SMILES string of the molecule is COCOC(C(C)C)C1CCC(=O)C1. The Kier molecular flexibility index (Phi) is 4.55. The summed E-state index contributed by atoms with van der Waals surface area (Å²) >= 11 is 0. The van der Waals surface area contributed by atoms with Crippen LogP contribution in [0.4, 0.5) is 0 Å². The van der Waals surface area contributed by atoms with E-state index in [1.54, 1.807) is 7.11 Å². The van der Waals surface area contributed by atoms with Gasteiger partial charge in [0, 0.05) is 20.0 Å². The monoisotopic (exact) mass is 200 g/mol. The van der Waals surface area contributed by atoms with Crippen molar-refractivity contribution in [3.05, 3.63) is 0 Å². The van der Waals surface area contributed by atoms with E-state index in [0.29, 0.717) is 30.8 Å². The van der Waals surface area contributed by atoms with Crippen LogP contribution < -0.4 is 0 Å². The molecule has 1 saturated carbocycles. The van der Waals surface area contributed by atoms with E-state index in [4.69, 9.17) is 9.47 Å². The summed E-state index contributed by atoms with van der Waals surface area (Å²) in [6.45, 7) is 4.58. The fraction of sp³-hybridized carbons (Fsp3) is 0.909. The smallest absolute Gasteiger partial charge is 0.146 e. The molecule has 0 saturated heterocycles. The van der Waals surface area contributed by atoms with Gasteiger partial charge in [0.2, 0.25) is 0 Å². The lowest BCUT2D eigenvalue weighted by atomic mass is 9.92. The van der Waals surface area contributed by atoms with Crippen molar-refractivity contribution in [1.82, 2.24) is 0 Å². The molecule has 0 N–H and O–H groups in total. The number of ether oxygens (including phenoxy) is 2. The van der Waals surface area contributed by atoms with E-state index >= 15 is 0 Å². The van der Waals surface area contributed by atoms with Crippen LogP contribution in [0.5, 0.6) is 0 Å². The molecule has 0 aliphatic heterocycles. The maximum atomic E-state index is 11.2. The van der Waals surface area contributed by atoms with Crippen molar-refractivity contribution >= 4 is 5.78 Å². The Morgan fingerprint density at radius 3 is 2.64 bits per heavy atom. The quantitative estimate of drug-likeness (QED) is 0.637. The first-order valence-electron chi connectivity index (χ1n) is 5.27. The predicted octanol–water partition coefficient (Wildman–Crippen LogP) is 2.00. The predicted molar refractivity (Wildman–Crippen MR) is 53.9 cm³/mol. The summed E-state index contributed by atoms with van der Waals surface area (Å²) in [7, 11) is 1.62. The van der Waals surface area contributed by atoms with Crippen molar-refractivity contribution < 1.29 is 14.3 Å². The molecule has 0 bridgehead atoms. The summed E-state index contributed by atoms with van der Waals surface area (Å²) in [5.74, 6) is 1.22. The molecule has 1 rings (SSSR count). The van der Waals surface area contributed by atoms with Crippen LogP contribution in [0, 0.1) is 11.8 Å². The Morgan fingerprint density at radius 1 is 1.50 bits per heavy atom. The number of hydrogen-bond donors (Lipinski definition) is 0. The molecule has 0 aromatic heterocycles. The molecule has 1 aliphatic carbocycles. The maximum Gasteiger partial charge on any atom is 0.146 e. The minimum Gasteiger partial charge on any atom is -0.359 e. The van der Waals surface area contributed by atoms with Crippen molar-refractivity contribution in [3.8, 4) is 0 Å². The van der Waals surface area contributed by atoms with Gasteiger partial charge in [0.25, 0.3) is 0 Å². The number of hydrogen-bond acceptors (Lipinski definition) is 3. The molecule has 1 fully saturated rings. The molecule has 14 heavy (non-hydrogen) atoms. The third kappa shape index (κ3) is 3.07. The maximum absolute atomic E-state index is 11.2. The Hall–Kier alpha value is -0.410. The fourth-order valence-electron chi connectivity index (χ4n) is 2.14. The highest BCUT2D eigenvalue weighted by Gasteiger charge is 2.31. The third-order valence-electron chi connectivity index (χ3n) is 2.78. The third-order valence-corrected chi connectivity index (χ3v) is 2.78. The van der Waals surface area contributed by atoms with Gasteiger partial charge in [-0.25, -0.2) is 0 Å². The molecule has 0 aromatic carbocycles. The second kappa shape index (κ2) is 5.47. The number of methoxy groups -OCH3 is 1. The Balaban J connectivity index is 2.45. The zero-order valence-corrected chi connectivity index (χ0v) is 9.29. The highest BCUT2D eigenvalue weighted by atomic mass is 16.7. The minimum absolute atomic E-state index is 0.168. The second-order valence-corrected chi connectivity index (χ2v) is 4.32. The molecule has 3 heteroatoms. The Bertz CT molecular complexity index is 189. The van der Waals surface area contributed by atoms with Gasteiger partial charge in [-0.2, -0.15) is 0 Å². The van der Waals surface area contributed by atoms with Crippen LogP contribution in [0.2, 0.25) is 0 Å². The lowest BCUT2D eigenvalue weighted by Gasteiger charge is -2.26. The number of carbonyl (C=O) groups is 1. The van der Waals surface area contributed by atoms with Crippen LogP contribution in [0.15, 0.2) is 0 Å². The summed E-state index contributed by atoms with van der Waals surface area (Å²) in [6.07, 6.45) is 2.56. The summed E-state index contributed by atoms with van der Waals surface area (Å²) in [5, 5.41) is 0. The molecule has 0 amide bonds. The van der Waals surface area contributed by atoms with Gasteiger partial charge in [0.05, 0.1) is 6.10 Å². The molecule has 0 radical (unpaired) electrons. The average Bonchev–Trinajstić information content (AvgIpc) is 2.52. The molecule has 2 unspecified atom stereocenters. The van der Waals surface area contributed by atoms with Gasteiger partial charge in [-0.3, -0.25) is 4.79 Å². The topological polar surface area (TPSA) is 35.5 Å². The molecule has 2 atom stereocenters. The van der Waals surface area contributed by atoms with Gasteiger partial charge in [-0.15, -0.1) is 0 Å². The lowest BCUT2D eigenvalue weighted by molar-refractivity contribution is -0.121. The van der Waals surface area contributed by atoms with Gasteiger partial charge in [0.1, 0.15) is 12.6 Å². The molecule has 0 heterocycles. The lowest BCUT2D eigenvalue weighted by Crippen LogP contribution is -2.28. The van der Waals surface area contributed by atoms with Crippen LogP contribution in [-0.4, -0.2) is 25.8 Å². The van der Waals surface area contributed by atoms with E-state index in [1.807, 2.05) is 0 Å². The first kappa shape index (κ1) is 11.7.